The van der Waals surface area contributed by atoms with E-state index in [-0.39, 0.29) is 0 Å². The van der Waals surface area contributed by atoms with E-state index in [9.17, 15) is 5.11 Å². The second kappa shape index (κ2) is 4.38. The Balaban J connectivity index is 1.88. The Hall–Kier alpha value is -0.820. The van der Waals surface area contributed by atoms with Crippen LogP contribution in [0.5, 0.6) is 0 Å². The number of aliphatic hydroxyl groups is 1. The van der Waals surface area contributed by atoms with Crippen molar-refractivity contribution in [2.45, 2.75) is 51.6 Å². The van der Waals surface area contributed by atoms with Crippen LogP contribution < -0.4 is 0 Å². The van der Waals surface area contributed by atoms with E-state index < -0.39 is 5.60 Å². The van der Waals surface area contributed by atoms with Crippen molar-refractivity contribution in [3.63, 3.8) is 0 Å². The van der Waals surface area contributed by atoms with Crippen molar-refractivity contribution >= 4 is 0 Å². The monoisotopic (exact) mass is 244 g/mol. The van der Waals surface area contributed by atoms with Crippen LogP contribution in [-0.4, -0.2) is 5.11 Å². The first-order chi connectivity index (χ1) is 8.58. The topological polar surface area (TPSA) is 20.2 Å². The molecule has 0 amide bonds. The molecule has 0 saturated heterocycles. The lowest BCUT2D eigenvalue weighted by atomic mass is 9.78. The molecule has 18 heavy (non-hydrogen) atoms. The molecule has 3 unspecified atom stereocenters. The first-order valence-electron chi connectivity index (χ1n) is 7.39. The molecule has 0 spiro atoms. The number of fused-ring (bicyclic) bond motifs is 2. The van der Waals surface area contributed by atoms with Crippen molar-refractivity contribution in [1.82, 2.24) is 0 Å². The zero-order valence-corrected chi connectivity index (χ0v) is 11.5. The summed E-state index contributed by atoms with van der Waals surface area (Å²) in [5.41, 5.74) is 2.03. The predicted octanol–water partition coefficient (Wildman–Crippen LogP) is 3.89. The Labute approximate surface area is 110 Å². The van der Waals surface area contributed by atoms with E-state index in [4.69, 9.17) is 0 Å². The minimum Gasteiger partial charge on any atom is -0.385 e. The predicted molar refractivity (Wildman–Crippen MR) is 74.3 cm³/mol. The highest BCUT2D eigenvalue weighted by Gasteiger charge is 2.50. The third kappa shape index (κ3) is 1.99. The zero-order chi connectivity index (χ0) is 12.8. The SMILES string of the molecule is CC(C)Cc1cccc(C2(O)CC3CCC2C3)c1. The Morgan fingerprint density at radius 3 is 2.78 bits per heavy atom. The van der Waals surface area contributed by atoms with Gasteiger partial charge in [0, 0.05) is 0 Å². The maximum atomic E-state index is 11.0. The third-order valence-electron chi connectivity index (χ3n) is 4.89. The van der Waals surface area contributed by atoms with E-state index in [1.807, 2.05) is 0 Å². The van der Waals surface area contributed by atoms with Crippen LogP contribution in [0.1, 0.15) is 50.7 Å². The van der Waals surface area contributed by atoms with Gasteiger partial charge in [-0.25, -0.2) is 0 Å². The summed E-state index contributed by atoms with van der Waals surface area (Å²) in [6, 6.07) is 8.70. The van der Waals surface area contributed by atoms with E-state index in [1.165, 1.54) is 30.4 Å². The maximum absolute atomic E-state index is 11.0. The van der Waals surface area contributed by atoms with Crippen LogP contribution in [0, 0.1) is 17.8 Å². The molecule has 0 aromatic heterocycles. The van der Waals surface area contributed by atoms with Crippen LogP contribution in [0.3, 0.4) is 0 Å². The summed E-state index contributed by atoms with van der Waals surface area (Å²) in [6.45, 7) is 4.50. The summed E-state index contributed by atoms with van der Waals surface area (Å²) < 4.78 is 0. The van der Waals surface area contributed by atoms with Crippen molar-refractivity contribution in [2.75, 3.05) is 0 Å². The second-order valence-electron chi connectivity index (χ2n) is 6.80. The molecule has 3 rings (SSSR count). The lowest BCUT2D eigenvalue weighted by Crippen LogP contribution is -2.32. The van der Waals surface area contributed by atoms with Crippen molar-refractivity contribution in [3.05, 3.63) is 35.4 Å². The molecule has 1 N–H and O–H groups in total. The zero-order valence-electron chi connectivity index (χ0n) is 11.5. The molecule has 98 valence electrons. The number of hydrogen-bond acceptors (Lipinski definition) is 1. The lowest BCUT2D eigenvalue weighted by molar-refractivity contribution is -0.0183. The fourth-order valence-corrected chi connectivity index (χ4v) is 4.09. The maximum Gasteiger partial charge on any atom is 0.0927 e. The highest BCUT2D eigenvalue weighted by atomic mass is 16.3. The molecular formula is C17H24O. The Morgan fingerprint density at radius 1 is 1.33 bits per heavy atom. The van der Waals surface area contributed by atoms with Gasteiger partial charge >= 0.3 is 0 Å². The molecule has 3 atom stereocenters. The van der Waals surface area contributed by atoms with Crippen molar-refractivity contribution in [1.29, 1.82) is 0 Å². The fourth-order valence-electron chi connectivity index (χ4n) is 4.09. The molecule has 1 heteroatoms. The first-order valence-corrected chi connectivity index (χ1v) is 7.39. The summed E-state index contributed by atoms with van der Waals surface area (Å²) >= 11 is 0. The lowest BCUT2D eigenvalue weighted by Gasteiger charge is -2.33. The Morgan fingerprint density at radius 2 is 2.17 bits per heavy atom. The van der Waals surface area contributed by atoms with Gasteiger partial charge in [0.1, 0.15) is 0 Å². The van der Waals surface area contributed by atoms with Crippen molar-refractivity contribution < 1.29 is 5.11 Å². The number of rotatable bonds is 3. The van der Waals surface area contributed by atoms with Gasteiger partial charge in [0.05, 0.1) is 5.60 Å². The van der Waals surface area contributed by atoms with Gasteiger partial charge in [-0.2, -0.15) is 0 Å². The molecule has 0 aliphatic heterocycles. The summed E-state index contributed by atoms with van der Waals surface area (Å²) in [5, 5.41) is 11.0. The van der Waals surface area contributed by atoms with Crippen LogP contribution >= 0.6 is 0 Å². The molecule has 2 aliphatic carbocycles. The van der Waals surface area contributed by atoms with Gasteiger partial charge in [-0.1, -0.05) is 38.1 Å². The molecule has 0 heterocycles. The van der Waals surface area contributed by atoms with Gasteiger partial charge in [0.15, 0.2) is 0 Å². The van der Waals surface area contributed by atoms with Crippen molar-refractivity contribution in [3.8, 4) is 0 Å². The summed E-state index contributed by atoms with van der Waals surface area (Å²) in [7, 11) is 0. The fraction of sp³-hybridized carbons (Fsp3) is 0.647. The van der Waals surface area contributed by atoms with Crippen LogP contribution in [0.25, 0.3) is 0 Å². The highest BCUT2D eigenvalue weighted by Crippen LogP contribution is 2.55. The van der Waals surface area contributed by atoms with Crippen LogP contribution in [0.2, 0.25) is 0 Å². The molecule has 1 aromatic carbocycles. The normalized spacial score (nSPS) is 34.4. The summed E-state index contributed by atoms with van der Waals surface area (Å²) in [4.78, 5) is 0. The van der Waals surface area contributed by atoms with Gasteiger partial charge < -0.3 is 5.11 Å². The minimum atomic E-state index is -0.518. The molecule has 2 bridgehead atoms. The first kappa shape index (κ1) is 12.2. The van der Waals surface area contributed by atoms with E-state index in [0.717, 1.165) is 18.8 Å². The van der Waals surface area contributed by atoms with Gasteiger partial charge in [0.25, 0.3) is 0 Å². The average molecular weight is 244 g/mol. The number of hydrogen-bond donors (Lipinski definition) is 1. The van der Waals surface area contributed by atoms with Gasteiger partial charge in [-0.3, -0.25) is 0 Å². The van der Waals surface area contributed by atoms with Crippen molar-refractivity contribution in [2.24, 2.45) is 17.8 Å². The van der Waals surface area contributed by atoms with E-state index in [0.29, 0.717) is 11.8 Å². The van der Waals surface area contributed by atoms with E-state index >= 15 is 0 Å². The Kier molecular flexibility index (Phi) is 2.97. The van der Waals surface area contributed by atoms with Gasteiger partial charge in [-0.15, -0.1) is 0 Å². The van der Waals surface area contributed by atoms with Crippen LogP contribution in [-0.2, 0) is 12.0 Å². The average Bonchev–Trinajstić information content (AvgIpc) is 2.89. The standard InChI is InChI=1S/C17H24O/c1-12(2)8-13-4-3-5-15(9-13)17(18)11-14-6-7-16(17)10-14/h3-5,9,12,14,16,18H,6-8,10-11H2,1-2H3. The molecular weight excluding hydrogens is 220 g/mol. The highest BCUT2D eigenvalue weighted by molar-refractivity contribution is 5.31. The quantitative estimate of drug-likeness (QED) is 0.855. The minimum absolute atomic E-state index is 0.511. The molecule has 1 aromatic rings. The molecule has 2 fully saturated rings. The van der Waals surface area contributed by atoms with Gasteiger partial charge in [-0.05, 0) is 61.0 Å². The molecule has 0 radical (unpaired) electrons. The van der Waals surface area contributed by atoms with Crippen LogP contribution in [0.15, 0.2) is 24.3 Å². The molecule has 2 aliphatic rings. The van der Waals surface area contributed by atoms with Gasteiger partial charge in [0.2, 0.25) is 0 Å². The largest absolute Gasteiger partial charge is 0.385 e. The Bertz CT molecular complexity index is 437. The third-order valence-corrected chi connectivity index (χ3v) is 4.89. The second-order valence-corrected chi connectivity index (χ2v) is 6.80. The summed E-state index contributed by atoms with van der Waals surface area (Å²) in [6.07, 6.45) is 5.89. The molecule has 1 nitrogen and oxygen atoms in total. The van der Waals surface area contributed by atoms with E-state index in [2.05, 4.69) is 38.1 Å². The van der Waals surface area contributed by atoms with E-state index in [1.54, 1.807) is 0 Å². The smallest absolute Gasteiger partial charge is 0.0927 e. The number of benzene rings is 1. The summed E-state index contributed by atoms with van der Waals surface area (Å²) in [5.74, 6) is 1.96. The molecule has 2 saturated carbocycles. The van der Waals surface area contributed by atoms with Crippen LogP contribution in [0.4, 0.5) is 0 Å².